The normalized spacial score (nSPS) is 19.0. The van der Waals surface area contributed by atoms with E-state index in [1.54, 1.807) is 37.3 Å². The van der Waals surface area contributed by atoms with Crippen LogP contribution in [-0.4, -0.2) is 35.0 Å². The van der Waals surface area contributed by atoms with Crippen LogP contribution < -0.4 is 14.4 Å². The molecule has 1 amide bonds. The number of nitrogens with zero attached hydrogens (tertiary/aromatic N) is 2. The Balaban J connectivity index is 1.53. The lowest BCUT2D eigenvalue weighted by atomic mass is 9.99. The molecule has 4 aromatic rings. The number of ketones is 1. The summed E-state index contributed by atoms with van der Waals surface area (Å²) in [5.74, 6) is -0.783. The van der Waals surface area contributed by atoms with Crippen molar-refractivity contribution in [2.45, 2.75) is 13.0 Å². The third kappa shape index (κ3) is 3.45. The summed E-state index contributed by atoms with van der Waals surface area (Å²) >= 11 is 1.07. The Morgan fingerprint density at radius 1 is 1.09 bits per heavy atom. The van der Waals surface area contributed by atoms with Gasteiger partial charge in [-0.1, -0.05) is 11.3 Å². The molecule has 10 heteroatoms. The first-order valence-corrected chi connectivity index (χ1v) is 11.6. The number of anilines is 1. The lowest BCUT2D eigenvalue weighted by Gasteiger charge is -2.21. The minimum Gasteiger partial charge on any atom is -0.507 e. The summed E-state index contributed by atoms with van der Waals surface area (Å²) in [5, 5.41) is 11.5. The standard InChI is InChI=1S/C25H17FN2O6S/c1-12-2-6-17(34-12)21-20(22(29)13-3-7-16-18(10-13)33-9-8-32-16)23(30)24(31)28(21)25-27-15-5-4-14(26)11-19(15)35-25/h2-7,10-11,21,29H,8-9H2,1H3/b22-20+. The van der Waals surface area contributed by atoms with E-state index in [1.165, 1.54) is 23.1 Å². The summed E-state index contributed by atoms with van der Waals surface area (Å²) in [6.45, 7) is 2.50. The number of halogens is 1. The minimum atomic E-state index is -1.07. The number of aliphatic hydroxyl groups is 1. The molecule has 1 unspecified atom stereocenters. The van der Waals surface area contributed by atoms with Crippen molar-refractivity contribution < 1.29 is 33.0 Å². The van der Waals surface area contributed by atoms with Crippen molar-refractivity contribution in [2.24, 2.45) is 0 Å². The number of thiazole rings is 1. The number of ether oxygens (including phenoxy) is 2. The molecular formula is C25H17FN2O6S. The molecule has 0 spiro atoms. The van der Waals surface area contributed by atoms with Gasteiger partial charge in [-0.05, 0) is 55.5 Å². The largest absolute Gasteiger partial charge is 0.507 e. The number of hydrogen-bond donors (Lipinski definition) is 1. The van der Waals surface area contributed by atoms with Crippen LogP contribution in [0.3, 0.4) is 0 Å². The Morgan fingerprint density at radius 3 is 2.66 bits per heavy atom. The van der Waals surface area contributed by atoms with E-state index in [9.17, 15) is 19.1 Å². The molecule has 1 atom stereocenters. The highest BCUT2D eigenvalue weighted by molar-refractivity contribution is 7.22. The summed E-state index contributed by atoms with van der Waals surface area (Å²) in [5.41, 5.74) is 0.618. The van der Waals surface area contributed by atoms with Gasteiger partial charge in [0.15, 0.2) is 16.6 Å². The van der Waals surface area contributed by atoms with E-state index in [-0.39, 0.29) is 27.8 Å². The fourth-order valence-electron chi connectivity index (χ4n) is 4.23. The number of furan rings is 1. The Labute approximate surface area is 201 Å². The molecule has 0 bridgehead atoms. The molecule has 1 saturated heterocycles. The maximum Gasteiger partial charge on any atom is 0.302 e. The van der Waals surface area contributed by atoms with Crippen molar-refractivity contribution in [3.05, 3.63) is 77.0 Å². The van der Waals surface area contributed by atoms with E-state index < -0.39 is 23.5 Å². The third-order valence-electron chi connectivity index (χ3n) is 5.84. The molecule has 2 aromatic heterocycles. The minimum absolute atomic E-state index is 0.147. The number of aryl methyl sites for hydroxylation is 1. The van der Waals surface area contributed by atoms with Crippen LogP contribution in [0, 0.1) is 12.7 Å². The molecule has 2 aromatic carbocycles. The number of benzene rings is 2. The third-order valence-corrected chi connectivity index (χ3v) is 6.85. The Morgan fingerprint density at radius 2 is 1.89 bits per heavy atom. The number of fused-ring (bicyclic) bond motifs is 2. The van der Waals surface area contributed by atoms with Gasteiger partial charge in [0.2, 0.25) is 0 Å². The first-order chi connectivity index (χ1) is 16.9. The number of amides is 1. The van der Waals surface area contributed by atoms with E-state index in [0.717, 1.165) is 11.3 Å². The van der Waals surface area contributed by atoms with Crippen LogP contribution in [0.2, 0.25) is 0 Å². The Kier molecular flexibility index (Phi) is 4.85. The summed E-state index contributed by atoms with van der Waals surface area (Å²) in [6, 6.07) is 11.1. The molecule has 1 fully saturated rings. The SMILES string of the molecule is Cc1ccc(C2/C(=C(\O)c3ccc4c(c3)OCCO4)C(=O)C(=O)N2c2nc3ccc(F)cc3s2)o1. The molecule has 0 radical (unpaired) electrons. The van der Waals surface area contributed by atoms with E-state index in [1.807, 2.05) is 0 Å². The summed E-state index contributed by atoms with van der Waals surface area (Å²) < 4.78 is 31.2. The number of aliphatic hydroxyl groups excluding tert-OH is 1. The van der Waals surface area contributed by atoms with Crippen molar-refractivity contribution in [3.8, 4) is 11.5 Å². The summed E-state index contributed by atoms with van der Waals surface area (Å²) in [7, 11) is 0. The number of carbonyl (C=O) groups is 2. The molecule has 8 nitrogen and oxygen atoms in total. The monoisotopic (exact) mass is 492 g/mol. The summed E-state index contributed by atoms with van der Waals surface area (Å²) in [6.07, 6.45) is 0. The molecule has 0 saturated carbocycles. The number of hydrogen-bond acceptors (Lipinski definition) is 8. The van der Waals surface area contributed by atoms with Gasteiger partial charge < -0.3 is 19.0 Å². The van der Waals surface area contributed by atoms with Gasteiger partial charge in [0.25, 0.3) is 5.78 Å². The van der Waals surface area contributed by atoms with Crippen LogP contribution in [-0.2, 0) is 9.59 Å². The highest BCUT2D eigenvalue weighted by atomic mass is 32.1. The Bertz CT molecular complexity index is 1550. The second-order valence-electron chi connectivity index (χ2n) is 8.08. The summed E-state index contributed by atoms with van der Waals surface area (Å²) in [4.78, 5) is 32.2. The number of rotatable bonds is 3. The zero-order valence-electron chi connectivity index (χ0n) is 18.3. The van der Waals surface area contributed by atoms with E-state index in [0.29, 0.717) is 40.7 Å². The van der Waals surface area contributed by atoms with Crippen molar-refractivity contribution in [3.63, 3.8) is 0 Å². The van der Waals surface area contributed by atoms with Crippen molar-refractivity contribution in [1.29, 1.82) is 0 Å². The molecule has 35 heavy (non-hydrogen) atoms. The molecule has 2 aliphatic heterocycles. The number of carbonyl (C=O) groups excluding carboxylic acids is 2. The van der Waals surface area contributed by atoms with Crippen LogP contribution in [0.1, 0.15) is 23.1 Å². The smallest absolute Gasteiger partial charge is 0.302 e. The maximum atomic E-state index is 13.8. The fourth-order valence-corrected chi connectivity index (χ4v) is 5.25. The van der Waals surface area contributed by atoms with Crippen LogP contribution in [0.4, 0.5) is 9.52 Å². The van der Waals surface area contributed by atoms with Gasteiger partial charge in [-0.25, -0.2) is 9.37 Å². The molecule has 0 aliphatic carbocycles. The average Bonchev–Trinajstić information content (AvgIpc) is 3.54. The first-order valence-electron chi connectivity index (χ1n) is 10.7. The molecule has 4 heterocycles. The topological polar surface area (TPSA) is 102 Å². The Hall–Kier alpha value is -4.18. The van der Waals surface area contributed by atoms with Gasteiger partial charge in [0.05, 0.1) is 15.8 Å². The van der Waals surface area contributed by atoms with Gasteiger partial charge >= 0.3 is 5.91 Å². The first kappa shape index (κ1) is 21.4. The maximum absolute atomic E-state index is 13.8. The average molecular weight is 492 g/mol. The predicted octanol–water partition coefficient (Wildman–Crippen LogP) is 4.73. The van der Waals surface area contributed by atoms with E-state index in [4.69, 9.17) is 13.9 Å². The van der Waals surface area contributed by atoms with Crippen molar-refractivity contribution >= 4 is 44.1 Å². The molecule has 176 valence electrons. The number of Topliss-reactive ketones (excluding diaryl/α,β-unsaturated/α-hetero) is 1. The quantitative estimate of drug-likeness (QED) is 0.251. The van der Waals surface area contributed by atoms with E-state index in [2.05, 4.69) is 4.98 Å². The van der Waals surface area contributed by atoms with Crippen LogP contribution >= 0.6 is 11.3 Å². The van der Waals surface area contributed by atoms with E-state index >= 15 is 0 Å². The van der Waals surface area contributed by atoms with Crippen molar-refractivity contribution in [2.75, 3.05) is 18.1 Å². The van der Waals surface area contributed by atoms with Crippen LogP contribution in [0.15, 0.2) is 58.5 Å². The van der Waals surface area contributed by atoms with Gasteiger partial charge in [-0.3, -0.25) is 14.5 Å². The van der Waals surface area contributed by atoms with Crippen molar-refractivity contribution in [1.82, 2.24) is 4.98 Å². The van der Waals surface area contributed by atoms with Crippen LogP contribution in [0.5, 0.6) is 11.5 Å². The van der Waals surface area contributed by atoms with Gasteiger partial charge in [0.1, 0.15) is 42.4 Å². The number of aromatic nitrogens is 1. The molecular weight excluding hydrogens is 475 g/mol. The lowest BCUT2D eigenvalue weighted by molar-refractivity contribution is -0.132. The lowest BCUT2D eigenvalue weighted by Crippen LogP contribution is -2.29. The zero-order chi connectivity index (χ0) is 24.3. The molecule has 2 aliphatic rings. The predicted molar refractivity (Wildman–Crippen MR) is 125 cm³/mol. The van der Waals surface area contributed by atoms with Crippen LogP contribution in [0.25, 0.3) is 16.0 Å². The highest BCUT2D eigenvalue weighted by Crippen LogP contribution is 2.45. The second kappa shape index (κ2) is 7.95. The molecule has 1 N–H and O–H groups in total. The fraction of sp³-hybridized carbons (Fsp3) is 0.160. The van der Waals surface area contributed by atoms with Gasteiger partial charge in [-0.2, -0.15) is 0 Å². The molecule has 6 rings (SSSR count). The second-order valence-corrected chi connectivity index (χ2v) is 9.09. The highest BCUT2D eigenvalue weighted by Gasteiger charge is 2.49. The van der Waals surface area contributed by atoms with Gasteiger partial charge in [0, 0.05) is 5.56 Å². The van der Waals surface area contributed by atoms with Gasteiger partial charge in [-0.15, -0.1) is 0 Å². The zero-order valence-corrected chi connectivity index (χ0v) is 19.1.